The van der Waals surface area contributed by atoms with Crippen LogP contribution in [0.5, 0.6) is 0 Å². The lowest BCUT2D eigenvalue weighted by molar-refractivity contribution is -0.142. The zero-order valence-corrected chi connectivity index (χ0v) is 16.2. The second kappa shape index (κ2) is 8.04. The monoisotopic (exact) mass is 419 g/mol. The third-order valence-corrected chi connectivity index (χ3v) is 4.77. The Morgan fingerprint density at radius 2 is 1.97 bits per heavy atom. The van der Waals surface area contributed by atoms with Crippen molar-refractivity contribution in [2.24, 2.45) is 0 Å². The van der Waals surface area contributed by atoms with Gasteiger partial charge in [0.05, 0.1) is 13.2 Å². The lowest BCUT2D eigenvalue weighted by Crippen LogP contribution is -2.35. The number of fused-ring (bicyclic) bond motifs is 1. The molecule has 2 aromatic heterocycles. The van der Waals surface area contributed by atoms with Crippen LogP contribution in [0.4, 0.5) is 18.9 Å². The third-order valence-electron chi connectivity index (χ3n) is 4.77. The average molecular weight is 419 g/mol. The van der Waals surface area contributed by atoms with Gasteiger partial charge in [-0.25, -0.2) is 9.50 Å². The van der Waals surface area contributed by atoms with Gasteiger partial charge in [0.25, 0.3) is 5.91 Å². The molecule has 0 atom stereocenters. The molecular formula is C20H20F3N5O2. The van der Waals surface area contributed by atoms with Crippen LogP contribution in [0.3, 0.4) is 0 Å². The molecule has 30 heavy (non-hydrogen) atoms. The van der Waals surface area contributed by atoms with Gasteiger partial charge in [-0.1, -0.05) is 12.1 Å². The van der Waals surface area contributed by atoms with Crippen molar-refractivity contribution < 1.29 is 22.7 Å². The van der Waals surface area contributed by atoms with Crippen LogP contribution in [-0.4, -0.2) is 51.7 Å². The molecule has 1 aliphatic heterocycles. The normalized spacial score (nSPS) is 15.5. The van der Waals surface area contributed by atoms with Crippen LogP contribution in [0.2, 0.25) is 0 Å². The Morgan fingerprint density at radius 3 is 2.70 bits per heavy atom. The first-order chi connectivity index (χ1) is 14.3. The summed E-state index contributed by atoms with van der Waals surface area (Å²) < 4.78 is 45.9. The second-order valence-electron chi connectivity index (χ2n) is 7.12. The standard InChI is InChI=1S/C20H20F3N5O2/c1-13-9-17(20(21,22)23)28-18(24-13)11-16(26-28)19(29)25-15-4-2-3-14(10-15)12-27-5-7-30-8-6-27/h2-4,9-11H,5-8,12H2,1H3,(H,25,29). The molecule has 0 saturated carbocycles. The topological polar surface area (TPSA) is 71.8 Å². The Morgan fingerprint density at radius 1 is 1.20 bits per heavy atom. The van der Waals surface area contributed by atoms with Crippen molar-refractivity contribution in [2.75, 3.05) is 31.6 Å². The number of aromatic nitrogens is 3. The molecule has 3 aromatic rings. The minimum Gasteiger partial charge on any atom is -0.379 e. The molecule has 0 spiro atoms. The zero-order valence-electron chi connectivity index (χ0n) is 16.2. The number of hydrogen-bond acceptors (Lipinski definition) is 5. The highest BCUT2D eigenvalue weighted by atomic mass is 19.4. The van der Waals surface area contributed by atoms with Crippen LogP contribution in [0, 0.1) is 6.92 Å². The van der Waals surface area contributed by atoms with Crippen LogP contribution in [0.1, 0.15) is 27.4 Å². The van der Waals surface area contributed by atoms with E-state index in [1.165, 1.54) is 13.0 Å². The minimum absolute atomic E-state index is 0.0338. The van der Waals surface area contributed by atoms with Crippen molar-refractivity contribution >= 4 is 17.2 Å². The molecule has 1 aliphatic rings. The van der Waals surface area contributed by atoms with E-state index in [1.807, 2.05) is 18.2 Å². The summed E-state index contributed by atoms with van der Waals surface area (Å²) in [5.41, 5.74) is 0.601. The fourth-order valence-corrected chi connectivity index (χ4v) is 3.37. The highest BCUT2D eigenvalue weighted by molar-refractivity contribution is 6.03. The number of carbonyl (C=O) groups excluding carboxylic acids is 1. The minimum atomic E-state index is -4.61. The van der Waals surface area contributed by atoms with Gasteiger partial charge < -0.3 is 10.1 Å². The number of alkyl halides is 3. The summed E-state index contributed by atoms with van der Waals surface area (Å²) in [6.45, 7) is 5.24. The number of anilines is 1. The number of morpholine rings is 1. The average Bonchev–Trinajstić information content (AvgIpc) is 3.11. The fourth-order valence-electron chi connectivity index (χ4n) is 3.37. The molecule has 1 saturated heterocycles. The van der Waals surface area contributed by atoms with E-state index >= 15 is 0 Å². The smallest absolute Gasteiger partial charge is 0.379 e. The number of ether oxygens (including phenoxy) is 1. The molecule has 1 amide bonds. The maximum absolute atomic E-state index is 13.3. The number of amides is 1. The molecule has 1 fully saturated rings. The summed E-state index contributed by atoms with van der Waals surface area (Å²) in [6, 6.07) is 9.48. The van der Waals surface area contributed by atoms with Crippen molar-refractivity contribution in [1.29, 1.82) is 0 Å². The van der Waals surface area contributed by atoms with Gasteiger partial charge >= 0.3 is 6.18 Å². The van der Waals surface area contributed by atoms with Gasteiger partial charge in [-0.15, -0.1) is 0 Å². The second-order valence-corrected chi connectivity index (χ2v) is 7.12. The molecule has 158 valence electrons. The van der Waals surface area contributed by atoms with Gasteiger partial charge in [-0.2, -0.15) is 18.3 Å². The maximum atomic E-state index is 13.3. The fraction of sp³-hybridized carbons (Fsp3) is 0.350. The van der Waals surface area contributed by atoms with Crippen LogP contribution in [-0.2, 0) is 17.5 Å². The SMILES string of the molecule is Cc1cc(C(F)(F)F)n2nc(C(=O)Nc3cccc(CN4CCOCC4)c3)cc2n1. The molecule has 0 aliphatic carbocycles. The summed E-state index contributed by atoms with van der Waals surface area (Å²) in [4.78, 5) is 18.9. The van der Waals surface area contributed by atoms with Crippen LogP contribution in [0.15, 0.2) is 36.4 Å². The van der Waals surface area contributed by atoms with Crippen molar-refractivity contribution in [1.82, 2.24) is 19.5 Å². The highest BCUT2D eigenvalue weighted by Crippen LogP contribution is 2.30. The maximum Gasteiger partial charge on any atom is 0.433 e. The third kappa shape index (κ3) is 4.44. The van der Waals surface area contributed by atoms with Crippen LogP contribution in [0.25, 0.3) is 5.65 Å². The Balaban J connectivity index is 1.54. The van der Waals surface area contributed by atoms with Gasteiger partial charge in [-0.3, -0.25) is 9.69 Å². The summed E-state index contributed by atoms with van der Waals surface area (Å²) in [7, 11) is 0. The van der Waals surface area contributed by atoms with Gasteiger partial charge in [0.2, 0.25) is 0 Å². The van der Waals surface area contributed by atoms with E-state index in [4.69, 9.17) is 4.74 Å². The van der Waals surface area contributed by atoms with E-state index in [1.54, 1.807) is 6.07 Å². The first kappa shape index (κ1) is 20.3. The van der Waals surface area contributed by atoms with Crippen LogP contribution >= 0.6 is 0 Å². The first-order valence-corrected chi connectivity index (χ1v) is 9.44. The molecule has 1 aromatic carbocycles. The van der Waals surface area contributed by atoms with Crippen molar-refractivity contribution in [3.8, 4) is 0 Å². The predicted molar refractivity (Wildman–Crippen MR) is 103 cm³/mol. The highest BCUT2D eigenvalue weighted by Gasteiger charge is 2.35. The molecule has 0 bridgehead atoms. The Labute approximate surface area is 170 Å². The zero-order chi connectivity index (χ0) is 21.3. The Hall–Kier alpha value is -2.98. The van der Waals surface area contributed by atoms with E-state index in [2.05, 4.69) is 20.3 Å². The van der Waals surface area contributed by atoms with E-state index in [0.29, 0.717) is 23.4 Å². The largest absolute Gasteiger partial charge is 0.433 e. The lowest BCUT2D eigenvalue weighted by Gasteiger charge is -2.26. The number of rotatable bonds is 4. The molecule has 0 radical (unpaired) electrons. The molecule has 4 rings (SSSR count). The van der Waals surface area contributed by atoms with Crippen LogP contribution < -0.4 is 5.32 Å². The van der Waals surface area contributed by atoms with E-state index in [-0.39, 0.29) is 17.0 Å². The quantitative estimate of drug-likeness (QED) is 0.704. The predicted octanol–water partition coefficient (Wildman–Crippen LogP) is 3.14. The van der Waals surface area contributed by atoms with Crippen molar-refractivity contribution in [2.45, 2.75) is 19.6 Å². The number of hydrogen-bond donors (Lipinski definition) is 1. The van der Waals surface area contributed by atoms with E-state index in [0.717, 1.165) is 31.3 Å². The van der Waals surface area contributed by atoms with E-state index in [9.17, 15) is 18.0 Å². The van der Waals surface area contributed by atoms with Crippen molar-refractivity contribution in [3.05, 3.63) is 59.0 Å². The molecule has 1 N–H and O–H groups in total. The molecule has 10 heteroatoms. The van der Waals surface area contributed by atoms with Gasteiger partial charge in [0.15, 0.2) is 11.3 Å². The number of aryl methyl sites for hydroxylation is 1. The van der Waals surface area contributed by atoms with Gasteiger partial charge in [0.1, 0.15) is 5.69 Å². The lowest BCUT2D eigenvalue weighted by atomic mass is 10.1. The summed E-state index contributed by atoms with van der Waals surface area (Å²) >= 11 is 0. The van der Waals surface area contributed by atoms with Gasteiger partial charge in [-0.05, 0) is 30.7 Å². The summed E-state index contributed by atoms with van der Waals surface area (Å²) in [5, 5.41) is 6.53. The van der Waals surface area contributed by atoms with Gasteiger partial charge in [0, 0.05) is 37.1 Å². The molecule has 7 nitrogen and oxygen atoms in total. The number of halogens is 3. The Kier molecular flexibility index (Phi) is 5.44. The Bertz CT molecular complexity index is 1070. The first-order valence-electron chi connectivity index (χ1n) is 9.44. The number of carbonyl (C=O) groups is 1. The molecule has 3 heterocycles. The van der Waals surface area contributed by atoms with Crippen molar-refractivity contribution in [3.63, 3.8) is 0 Å². The summed E-state index contributed by atoms with van der Waals surface area (Å²) in [6.07, 6.45) is -4.61. The molecule has 0 unspecified atom stereocenters. The number of benzene rings is 1. The number of nitrogens with zero attached hydrogens (tertiary/aromatic N) is 4. The number of nitrogens with one attached hydrogen (secondary N) is 1. The molecular weight excluding hydrogens is 399 g/mol. The van der Waals surface area contributed by atoms with E-state index < -0.39 is 17.8 Å². The summed E-state index contributed by atoms with van der Waals surface area (Å²) in [5.74, 6) is -0.602.